The van der Waals surface area contributed by atoms with E-state index in [0.717, 1.165) is 23.3 Å². The van der Waals surface area contributed by atoms with Crippen LogP contribution in [-0.4, -0.2) is 10.8 Å². The smallest absolute Gasteiger partial charge is 0.190 e. The highest BCUT2D eigenvalue weighted by Crippen LogP contribution is 2.13. The topological polar surface area (TPSA) is 30.0 Å². The highest BCUT2D eigenvalue weighted by atomic mass is 16.1. The molecular weight excluding hydrogens is 186 g/mol. The summed E-state index contributed by atoms with van der Waals surface area (Å²) in [6.07, 6.45) is 4.30. The van der Waals surface area contributed by atoms with Gasteiger partial charge in [-0.05, 0) is 44.4 Å². The number of Topliss-reactive ketones (excluding diaryl/α,β-unsaturated/α-hetero) is 1. The lowest BCUT2D eigenvalue weighted by atomic mass is 10.0. The van der Waals surface area contributed by atoms with Crippen LogP contribution in [0.15, 0.2) is 23.9 Å². The second kappa shape index (κ2) is 4.87. The van der Waals surface area contributed by atoms with E-state index in [1.54, 1.807) is 6.20 Å². The Kier molecular flexibility index (Phi) is 3.78. The van der Waals surface area contributed by atoms with Crippen molar-refractivity contribution in [2.24, 2.45) is 0 Å². The van der Waals surface area contributed by atoms with Crippen LogP contribution in [0.5, 0.6) is 0 Å². The van der Waals surface area contributed by atoms with E-state index in [0.29, 0.717) is 5.56 Å². The van der Waals surface area contributed by atoms with E-state index >= 15 is 0 Å². The van der Waals surface area contributed by atoms with E-state index in [1.807, 2.05) is 39.8 Å². The molecule has 0 aromatic carbocycles. The van der Waals surface area contributed by atoms with Crippen LogP contribution in [0.4, 0.5) is 0 Å². The molecule has 0 saturated carbocycles. The third-order valence-electron chi connectivity index (χ3n) is 2.62. The average Bonchev–Trinajstić information content (AvgIpc) is 2.23. The Morgan fingerprint density at radius 1 is 1.47 bits per heavy atom. The molecule has 1 aromatic rings. The highest BCUT2D eigenvalue weighted by Gasteiger charge is 2.10. The first kappa shape index (κ1) is 11.6. The molecule has 80 valence electrons. The number of carbonyl (C=O) groups is 1. The molecule has 15 heavy (non-hydrogen) atoms. The minimum absolute atomic E-state index is 0.0931. The lowest BCUT2D eigenvalue weighted by Gasteiger charge is -2.05. The van der Waals surface area contributed by atoms with Gasteiger partial charge in [-0.2, -0.15) is 0 Å². The quantitative estimate of drug-likeness (QED) is 0.557. The molecule has 1 rings (SSSR count). The third kappa shape index (κ3) is 2.52. The van der Waals surface area contributed by atoms with Crippen molar-refractivity contribution in [3.8, 4) is 0 Å². The van der Waals surface area contributed by atoms with Crippen LogP contribution >= 0.6 is 0 Å². The summed E-state index contributed by atoms with van der Waals surface area (Å²) in [4.78, 5) is 16.2. The molecule has 0 amide bonds. The van der Waals surface area contributed by atoms with Crippen LogP contribution in [0.25, 0.3) is 0 Å². The summed E-state index contributed by atoms with van der Waals surface area (Å²) in [5, 5.41) is 0. The molecule has 0 aliphatic carbocycles. The number of aryl methyl sites for hydroxylation is 2. The third-order valence-corrected chi connectivity index (χ3v) is 2.62. The summed E-state index contributed by atoms with van der Waals surface area (Å²) in [5.41, 5.74) is 3.57. The first-order chi connectivity index (χ1) is 7.10. The van der Waals surface area contributed by atoms with Crippen LogP contribution in [-0.2, 0) is 0 Å². The SMILES string of the molecule is C/C=C(\CC)C(=O)c1cnc(C)c(C)c1. The van der Waals surface area contributed by atoms with Gasteiger partial charge in [-0.25, -0.2) is 0 Å². The first-order valence-electron chi connectivity index (χ1n) is 5.23. The summed E-state index contributed by atoms with van der Waals surface area (Å²) in [5.74, 6) is 0.0931. The number of carbonyl (C=O) groups excluding carboxylic acids is 1. The number of hydrogen-bond donors (Lipinski definition) is 0. The fourth-order valence-corrected chi connectivity index (χ4v) is 1.45. The van der Waals surface area contributed by atoms with Gasteiger partial charge in [0.1, 0.15) is 0 Å². The molecule has 2 heteroatoms. The number of allylic oxidation sites excluding steroid dienone is 2. The Labute approximate surface area is 91.0 Å². The van der Waals surface area contributed by atoms with Gasteiger partial charge in [0, 0.05) is 17.5 Å². The zero-order valence-corrected chi connectivity index (χ0v) is 9.79. The summed E-state index contributed by atoms with van der Waals surface area (Å²) in [6.45, 7) is 7.80. The summed E-state index contributed by atoms with van der Waals surface area (Å²) >= 11 is 0. The van der Waals surface area contributed by atoms with E-state index in [2.05, 4.69) is 4.98 Å². The second-order valence-electron chi connectivity index (χ2n) is 3.62. The Bertz CT molecular complexity index is 405. The standard InChI is InChI=1S/C13H17NO/c1-5-11(6-2)13(15)12-7-9(3)10(4)14-8-12/h5,7-8H,6H2,1-4H3/b11-5+. The van der Waals surface area contributed by atoms with Gasteiger partial charge in [0.25, 0.3) is 0 Å². The van der Waals surface area contributed by atoms with Gasteiger partial charge in [0.15, 0.2) is 5.78 Å². The van der Waals surface area contributed by atoms with Crippen LogP contribution < -0.4 is 0 Å². The molecule has 0 fully saturated rings. The Morgan fingerprint density at radius 3 is 2.60 bits per heavy atom. The van der Waals surface area contributed by atoms with E-state index in [-0.39, 0.29) is 5.78 Å². The first-order valence-corrected chi connectivity index (χ1v) is 5.23. The lowest BCUT2D eigenvalue weighted by molar-refractivity contribution is 0.103. The highest BCUT2D eigenvalue weighted by molar-refractivity contribution is 6.08. The molecule has 0 atom stereocenters. The zero-order valence-electron chi connectivity index (χ0n) is 9.79. The maximum Gasteiger partial charge on any atom is 0.190 e. The van der Waals surface area contributed by atoms with Crippen molar-refractivity contribution >= 4 is 5.78 Å². The molecule has 0 aliphatic heterocycles. The maximum atomic E-state index is 12.0. The van der Waals surface area contributed by atoms with Gasteiger partial charge in [-0.1, -0.05) is 13.0 Å². The van der Waals surface area contributed by atoms with Crippen molar-refractivity contribution in [2.75, 3.05) is 0 Å². The second-order valence-corrected chi connectivity index (χ2v) is 3.62. The fraction of sp³-hybridized carbons (Fsp3) is 0.385. The summed E-state index contributed by atoms with van der Waals surface area (Å²) in [7, 11) is 0. The number of hydrogen-bond acceptors (Lipinski definition) is 2. The van der Waals surface area contributed by atoms with E-state index < -0.39 is 0 Å². The molecule has 1 heterocycles. The molecule has 0 radical (unpaired) electrons. The Morgan fingerprint density at radius 2 is 2.13 bits per heavy atom. The van der Waals surface area contributed by atoms with Gasteiger partial charge in [-0.15, -0.1) is 0 Å². The van der Waals surface area contributed by atoms with Crippen LogP contribution in [0.2, 0.25) is 0 Å². The molecule has 0 bridgehead atoms. The molecule has 0 spiro atoms. The van der Waals surface area contributed by atoms with Gasteiger partial charge >= 0.3 is 0 Å². The number of aromatic nitrogens is 1. The number of pyridine rings is 1. The minimum Gasteiger partial charge on any atom is -0.289 e. The normalized spacial score (nSPS) is 11.6. The zero-order chi connectivity index (χ0) is 11.4. The molecule has 0 N–H and O–H groups in total. The number of rotatable bonds is 3. The predicted molar refractivity (Wildman–Crippen MR) is 62.1 cm³/mol. The largest absolute Gasteiger partial charge is 0.289 e. The van der Waals surface area contributed by atoms with E-state index in [9.17, 15) is 4.79 Å². The Balaban J connectivity index is 3.07. The van der Waals surface area contributed by atoms with Crippen molar-refractivity contribution in [1.82, 2.24) is 4.98 Å². The van der Waals surface area contributed by atoms with Crippen molar-refractivity contribution in [1.29, 1.82) is 0 Å². The van der Waals surface area contributed by atoms with Crippen molar-refractivity contribution in [3.05, 3.63) is 40.7 Å². The van der Waals surface area contributed by atoms with E-state index in [4.69, 9.17) is 0 Å². The van der Waals surface area contributed by atoms with Crippen molar-refractivity contribution in [3.63, 3.8) is 0 Å². The molecular formula is C13H17NO. The minimum atomic E-state index is 0.0931. The number of ketones is 1. The maximum absolute atomic E-state index is 12.0. The molecule has 2 nitrogen and oxygen atoms in total. The average molecular weight is 203 g/mol. The van der Waals surface area contributed by atoms with Crippen molar-refractivity contribution < 1.29 is 4.79 Å². The van der Waals surface area contributed by atoms with Gasteiger partial charge in [0.05, 0.1) is 0 Å². The van der Waals surface area contributed by atoms with Crippen LogP contribution in [0.3, 0.4) is 0 Å². The fourth-order valence-electron chi connectivity index (χ4n) is 1.45. The number of nitrogens with zero attached hydrogens (tertiary/aromatic N) is 1. The van der Waals surface area contributed by atoms with Crippen LogP contribution in [0.1, 0.15) is 41.9 Å². The van der Waals surface area contributed by atoms with Crippen molar-refractivity contribution in [2.45, 2.75) is 34.1 Å². The molecule has 0 saturated heterocycles. The predicted octanol–water partition coefficient (Wildman–Crippen LogP) is 3.24. The molecule has 1 aromatic heterocycles. The monoisotopic (exact) mass is 203 g/mol. The Hall–Kier alpha value is -1.44. The summed E-state index contributed by atoms with van der Waals surface area (Å²) < 4.78 is 0. The van der Waals surface area contributed by atoms with Crippen LogP contribution in [0, 0.1) is 13.8 Å². The van der Waals surface area contributed by atoms with E-state index in [1.165, 1.54) is 0 Å². The molecule has 0 unspecified atom stereocenters. The van der Waals surface area contributed by atoms with Gasteiger partial charge in [0.2, 0.25) is 0 Å². The van der Waals surface area contributed by atoms with Gasteiger partial charge < -0.3 is 0 Å². The van der Waals surface area contributed by atoms with Gasteiger partial charge in [-0.3, -0.25) is 9.78 Å². The molecule has 0 aliphatic rings. The summed E-state index contributed by atoms with van der Waals surface area (Å²) in [6, 6.07) is 1.91. The lowest BCUT2D eigenvalue weighted by Crippen LogP contribution is -2.04.